The Morgan fingerprint density at radius 2 is 2.13 bits per heavy atom. The lowest BCUT2D eigenvalue weighted by Crippen LogP contribution is -2.22. The summed E-state index contributed by atoms with van der Waals surface area (Å²) in [4.78, 5) is 4.35. The van der Waals surface area contributed by atoms with E-state index in [1.807, 2.05) is 6.07 Å². The molecular formula is C12H20N2O. The maximum Gasteiger partial charge on any atom is 0.213 e. The summed E-state index contributed by atoms with van der Waals surface area (Å²) in [6.45, 7) is 7.24. The van der Waals surface area contributed by atoms with Crippen LogP contribution in [0.15, 0.2) is 12.1 Å². The van der Waals surface area contributed by atoms with E-state index in [-0.39, 0.29) is 0 Å². The van der Waals surface area contributed by atoms with E-state index in [1.165, 1.54) is 5.56 Å². The molecule has 0 aliphatic rings. The zero-order valence-electron chi connectivity index (χ0n) is 10.0. The molecule has 0 aromatic carbocycles. The van der Waals surface area contributed by atoms with Gasteiger partial charge in [0.1, 0.15) is 0 Å². The summed E-state index contributed by atoms with van der Waals surface area (Å²) in [7, 11) is 1.65. The zero-order chi connectivity index (χ0) is 11.3. The highest BCUT2D eigenvalue weighted by atomic mass is 16.5. The van der Waals surface area contributed by atoms with Crippen molar-refractivity contribution in [3.05, 3.63) is 23.4 Å². The van der Waals surface area contributed by atoms with E-state index in [0.717, 1.165) is 18.7 Å². The maximum atomic E-state index is 5.17. The Labute approximate surface area is 91.9 Å². The van der Waals surface area contributed by atoms with Crippen LogP contribution in [0.5, 0.6) is 5.88 Å². The van der Waals surface area contributed by atoms with Crippen LogP contribution < -0.4 is 10.1 Å². The van der Waals surface area contributed by atoms with E-state index in [9.17, 15) is 0 Å². The van der Waals surface area contributed by atoms with Gasteiger partial charge in [0, 0.05) is 24.3 Å². The Morgan fingerprint density at radius 3 is 2.67 bits per heavy atom. The van der Waals surface area contributed by atoms with Crippen LogP contribution in [0.2, 0.25) is 0 Å². The van der Waals surface area contributed by atoms with Gasteiger partial charge in [-0.2, -0.15) is 0 Å². The summed E-state index contributed by atoms with van der Waals surface area (Å²) in [6, 6.07) is 4.60. The highest BCUT2D eigenvalue weighted by Crippen LogP contribution is 2.12. The molecule has 3 nitrogen and oxygen atoms in total. The zero-order valence-corrected chi connectivity index (χ0v) is 10.0. The van der Waals surface area contributed by atoms with E-state index in [0.29, 0.717) is 11.9 Å². The Bertz CT molecular complexity index is 288. The fourth-order valence-electron chi connectivity index (χ4n) is 1.33. The Kier molecular flexibility index (Phi) is 4.56. The van der Waals surface area contributed by atoms with Crippen molar-refractivity contribution in [2.24, 2.45) is 0 Å². The number of rotatable bonds is 5. The summed E-state index contributed by atoms with van der Waals surface area (Å²) < 4.78 is 5.17. The average Bonchev–Trinajstić information content (AvgIpc) is 2.25. The number of aromatic nitrogens is 1. The monoisotopic (exact) mass is 208 g/mol. The van der Waals surface area contributed by atoms with Gasteiger partial charge in [-0.3, -0.25) is 0 Å². The lowest BCUT2D eigenvalue weighted by atomic mass is 10.2. The largest absolute Gasteiger partial charge is 0.481 e. The van der Waals surface area contributed by atoms with Gasteiger partial charge in [0.25, 0.3) is 0 Å². The first kappa shape index (κ1) is 12.0. The number of hydrogen-bond donors (Lipinski definition) is 1. The van der Waals surface area contributed by atoms with E-state index in [2.05, 4.69) is 37.1 Å². The molecule has 84 valence electrons. The van der Waals surface area contributed by atoms with Gasteiger partial charge in [-0.05, 0) is 18.1 Å². The fourth-order valence-corrected chi connectivity index (χ4v) is 1.33. The van der Waals surface area contributed by atoms with E-state index in [4.69, 9.17) is 4.74 Å². The molecule has 1 rings (SSSR count). The number of ether oxygens (including phenoxy) is 1. The van der Waals surface area contributed by atoms with Gasteiger partial charge < -0.3 is 10.1 Å². The summed E-state index contributed by atoms with van der Waals surface area (Å²) >= 11 is 0. The van der Waals surface area contributed by atoms with Crippen molar-refractivity contribution in [2.45, 2.75) is 39.8 Å². The van der Waals surface area contributed by atoms with Crippen molar-refractivity contribution >= 4 is 0 Å². The number of hydrogen-bond acceptors (Lipinski definition) is 3. The van der Waals surface area contributed by atoms with Gasteiger partial charge in [0.05, 0.1) is 7.11 Å². The molecule has 1 aromatic rings. The average molecular weight is 208 g/mol. The van der Waals surface area contributed by atoms with E-state index in [1.54, 1.807) is 7.11 Å². The number of nitrogens with one attached hydrogen (secondary N) is 1. The highest BCUT2D eigenvalue weighted by Gasteiger charge is 2.02. The molecule has 0 radical (unpaired) electrons. The third-order valence-electron chi connectivity index (χ3n) is 2.20. The molecule has 0 saturated heterocycles. The lowest BCUT2D eigenvalue weighted by molar-refractivity contribution is 0.395. The number of methoxy groups -OCH3 is 1. The molecule has 0 fully saturated rings. The van der Waals surface area contributed by atoms with Gasteiger partial charge in [0.15, 0.2) is 0 Å². The van der Waals surface area contributed by atoms with Crippen LogP contribution in [0.4, 0.5) is 0 Å². The number of aryl methyl sites for hydroxylation is 1. The quantitative estimate of drug-likeness (QED) is 0.805. The molecule has 1 N–H and O–H groups in total. The summed E-state index contributed by atoms with van der Waals surface area (Å²) in [5.74, 6) is 0.704. The summed E-state index contributed by atoms with van der Waals surface area (Å²) in [5.41, 5.74) is 2.31. The normalized spacial score (nSPS) is 10.7. The van der Waals surface area contributed by atoms with Crippen molar-refractivity contribution < 1.29 is 4.74 Å². The SMILES string of the molecule is CCc1cc(CNC(C)C)cc(OC)n1. The lowest BCUT2D eigenvalue weighted by Gasteiger charge is -2.10. The van der Waals surface area contributed by atoms with Crippen molar-refractivity contribution in [1.29, 1.82) is 0 Å². The molecule has 0 aliphatic heterocycles. The third-order valence-corrected chi connectivity index (χ3v) is 2.20. The minimum Gasteiger partial charge on any atom is -0.481 e. The molecule has 1 heterocycles. The van der Waals surface area contributed by atoms with Gasteiger partial charge >= 0.3 is 0 Å². The van der Waals surface area contributed by atoms with Crippen molar-refractivity contribution in [3.8, 4) is 5.88 Å². The minimum absolute atomic E-state index is 0.495. The number of nitrogens with zero attached hydrogens (tertiary/aromatic N) is 1. The summed E-state index contributed by atoms with van der Waals surface area (Å²) in [5, 5.41) is 3.38. The minimum atomic E-state index is 0.495. The smallest absolute Gasteiger partial charge is 0.213 e. The summed E-state index contributed by atoms with van der Waals surface area (Å²) in [6.07, 6.45) is 0.936. The van der Waals surface area contributed by atoms with Gasteiger partial charge in [-0.15, -0.1) is 0 Å². The Morgan fingerprint density at radius 1 is 1.40 bits per heavy atom. The van der Waals surface area contributed by atoms with Crippen LogP contribution in [0.3, 0.4) is 0 Å². The van der Waals surface area contributed by atoms with Gasteiger partial charge in [-0.1, -0.05) is 20.8 Å². The second-order valence-corrected chi connectivity index (χ2v) is 3.90. The Hall–Kier alpha value is -1.09. The van der Waals surface area contributed by atoms with Crippen LogP contribution in [-0.2, 0) is 13.0 Å². The van der Waals surface area contributed by atoms with Crippen LogP contribution >= 0.6 is 0 Å². The van der Waals surface area contributed by atoms with E-state index >= 15 is 0 Å². The molecule has 0 bridgehead atoms. The molecule has 0 amide bonds. The predicted octanol–water partition coefficient (Wildman–Crippen LogP) is 2.15. The molecule has 0 unspecified atom stereocenters. The molecule has 0 saturated carbocycles. The predicted molar refractivity (Wildman–Crippen MR) is 62.1 cm³/mol. The van der Waals surface area contributed by atoms with Crippen LogP contribution in [0.1, 0.15) is 32.0 Å². The van der Waals surface area contributed by atoms with Crippen molar-refractivity contribution in [2.75, 3.05) is 7.11 Å². The van der Waals surface area contributed by atoms with Gasteiger partial charge in [0.2, 0.25) is 5.88 Å². The maximum absolute atomic E-state index is 5.17. The van der Waals surface area contributed by atoms with Gasteiger partial charge in [-0.25, -0.2) is 4.98 Å². The Balaban J connectivity index is 2.77. The molecular weight excluding hydrogens is 188 g/mol. The van der Waals surface area contributed by atoms with E-state index < -0.39 is 0 Å². The first-order chi connectivity index (χ1) is 7.15. The molecule has 0 atom stereocenters. The van der Waals surface area contributed by atoms with Crippen LogP contribution in [0, 0.1) is 0 Å². The van der Waals surface area contributed by atoms with Crippen LogP contribution in [-0.4, -0.2) is 18.1 Å². The topological polar surface area (TPSA) is 34.1 Å². The molecule has 0 spiro atoms. The number of pyridine rings is 1. The molecule has 15 heavy (non-hydrogen) atoms. The molecule has 3 heteroatoms. The first-order valence-electron chi connectivity index (χ1n) is 5.43. The second kappa shape index (κ2) is 5.71. The molecule has 0 aliphatic carbocycles. The first-order valence-corrected chi connectivity index (χ1v) is 5.43. The van der Waals surface area contributed by atoms with Crippen LogP contribution in [0.25, 0.3) is 0 Å². The fraction of sp³-hybridized carbons (Fsp3) is 0.583. The standard InChI is InChI=1S/C12H20N2O/c1-5-11-6-10(8-13-9(2)3)7-12(14-11)15-4/h6-7,9,13H,5,8H2,1-4H3. The third kappa shape index (κ3) is 3.88. The van der Waals surface area contributed by atoms with Crippen molar-refractivity contribution in [3.63, 3.8) is 0 Å². The molecule has 1 aromatic heterocycles. The second-order valence-electron chi connectivity index (χ2n) is 3.90. The van der Waals surface area contributed by atoms with Crippen molar-refractivity contribution in [1.82, 2.24) is 10.3 Å². The highest BCUT2D eigenvalue weighted by molar-refractivity contribution is 5.25.